The topological polar surface area (TPSA) is 42.4 Å². The van der Waals surface area contributed by atoms with Crippen LogP contribution in [0.15, 0.2) is 48.8 Å². The van der Waals surface area contributed by atoms with E-state index in [4.69, 9.17) is 4.74 Å². The minimum absolute atomic E-state index is 0.251. The zero-order valence-electron chi connectivity index (χ0n) is 8.13. The number of para-hydroxylation sites is 1. The highest BCUT2D eigenvalue weighted by atomic mass is 16.5. The predicted molar refractivity (Wildman–Crippen MR) is 56.7 cm³/mol. The maximum atomic E-state index is 9.49. The van der Waals surface area contributed by atoms with Crippen LogP contribution in [-0.4, -0.2) is 10.1 Å². The Bertz CT molecular complexity index is 429. The largest absolute Gasteiger partial charge is 0.508 e. The average molecular weight is 201 g/mol. The molecule has 0 atom stereocenters. The SMILES string of the molecule is Oc1ccccc1COc1cccnc1. The van der Waals surface area contributed by atoms with Crippen LogP contribution < -0.4 is 4.74 Å². The molecule has 0 radical (unpaired) electrons. The fraction of sp³-hybridized carbons (Fsp3) is 0.0833. The van der Waals surface area contributed by atoms with Crippen molar-refractivity contribution in [3.63, 3.8) is 0 Å². The summed E-state index contributed by atoms with van der Waals surface area (Å²) in [6.07, 6.45) is 3.33. The van der Waals surface area contributed by atoms with Crippen LogP contribution >= 0.6 is 0 Å². The van der Waals surface area contributed by atoms with Crippen LogP contribution in [0.1, 0.15) is 5.56 Å². The highest BCUT2D eigenvalue weighted by Gasteiger charge is 2.00. The van der Waals surface area contributed by atoms with Crippen molar-refractivity contribution in [3.05, 3.63) is 54.4 Å². The van der Waals surface area contributed by atoms with Gasteiger partial charge in [-0.2, -0.15) is 0 Å². The maximum absolute atomic E-state index is 9.49. The average Bonchev–Trinajstić information content (AvgIpc) is 2.29. The summed E-state index contributed by atoms with van der Waals surface area (Å²) < 4.78 is 5.45. The van der Waals surface area contributed by atoms with E-state index >= 15 is 0 Å². The van der Waals surface area contributed by atoms with Crippen molar-refractivity contribution in [3.8, 4) is 11.5 Å². The second-order valence-corrected chi connectivity index (χ2v) is 3.11. The number of aromatic hydroxyl groups is 1. The number of hydrogen-bond acceptors (Lipinski definition) is 3. The van der Waals surface area contributed by atoms with Gasteiger partial charge in [0.1, 0.15) is 18.1 Å². The molecule has 2 aromatic rings. The van der Waals surface area contributed by atoms with Crippen LogP contribution in [-0.2, 0) is 6.61 Å². The third-order valence-electron chi connectivity index (χ3n) is 2.02. The Labute approximate surface area is 88.0 Å². The molecular formula is C12H11NO2. The zero-order valence-corrected chi connectivity index (χ0v) is 8.13. The van der Waals surface area contributed by atoms with Crippen molar-refractivity contribution < 1.29 is 9.84 Å². The van der Waals surface area contributed by atoms with Gasteiger partial charge in [0.25, 0.3) is 0 Å². The summed E-state index contributed by atoms with van der Waals surface area (Å²) in [6.45, 7) is 0.346. The number of phenolic OH excluding ortho intramolecular Hbond substituents is 1. The van der Waals surface area contributed by atoms with Crippen molar-refractivity contribution in [2.24, 2.45) is 0 Å². The van der Waals surface area contributed by atoms with Gasteiger partial charge in [-0.1, -0.05) is 18.2 Å². The summed E-state index contributed by atoms with van der Waals surface area (Å²) in [7, 11) is 0. The van der Waals surface area contributed by atoms with E-state index in [2.05, 4.69) is 4.98 Å². The molecular weight excluding hydrogens is 190 g/mol. The van der Waals surface area contributed by atoms with Crippen LogP contribution in [0.4, 0.5) is 0 Å². The van der Waals surface area contributed by atoms with Crippen LogP contribution in [0.5, 0.6) is 11.5 Å². The molecule has 2 rings (SSSR count). The highest BCUT2D eigenvalue weighted by Crippen LogP contribution is 2.18. The second kappa shape index (κ2) is 4.46. The summed E-state index contributed by atoms with van der Waals surface area (Å²) in [6, 6.07) is 10.7. The van der Waals surface area contributed by atoms with Gasteiger partial charge in [-0.3, -0.25) is 4.98 Å². The molecule has 0 bridgehead atoms. The summed E-state index contributed by atoms with van der Waals surface area (Å²) in [5, 5.41) is 9.49. The lowest BCUT2D eigenvalue weighted by Crippen LogP contribution is -1.95. The molecule has 0 aliphatic rings. The van der Waals surface area contributed by atoms with Crippen molar-refractivity contribution in [2.75, 3.05) is 0 Å². The van der Waals surface area contributed by atoms with E-state index in [0.717, 1.165) is 5.56 Å². The fourth-order valence-corrected chi connectivity index (χ4v) is 1.23. The lowest BCUT2D eigenvalue weighted by molar-refractivity contribution is 0.298. The molecule has 3 heteroatoms. The van der Waals surface area contributed by atoms with E-state index in [0.29, 0.717) is 12.4 Å². The van der Waals surface area contributed by atoms with E-state index in [1.165, 1.54) is 0 Å². The molecule has 0 unspecified atom stereocenters. The Balaban J connectivity index is 2.03. The first-order valence-electron chi connectivity index (χ1n) is 4.66. The summed E-state index contributed by atoms with van der Waals surface area (Å²) >= 11 is 0. The van der Waals surface area contributed by atoms with Gasteiger partial charge in [0.15, 0.2) is 0 Å². The molecule has 0 saturated carbocycles. The molecule has 0 saturated heterocycles. The summed E-state index contributed by atoms with van der Waals surface area (Å²) in [5.74, 6) is 0.946. The number of ether oxygens (including phenoxy) is 1. The van der Waals surface area contributed by atoms with Crippen LogP contribution in [0.3, 0.4) is 0 Å². The Hall–Kier alpha value is -2.03. The standard InChI is InChI=1S/C12H11NO2/c14-12-6-2-1-4-10(12)9-15-11-5-3-7-13-8-11/h1-8,14H,9H2. The number of hydrogen-bond donors (Lipinski definition) is 1. The fourth-order valence-electron chi connectivity index (χ4n) is 1.23. The highest BCUT2D eigenvalue weighted by molar-refractivity contribution is 5.31. The van der Waals surface area contributed by atoms with Gasteiger partial charge in [0.2, 0.25) is 0 Å². The summed E-state index contributed by atoms with van der Waals surface area (Å²) in [4.78, 5) is 3.93. The van der Waals surface area contributed by atoms with E-state index in [1.54, 1.807) is 30.6 Å². The Kier molecular flexibility index (Phi) is 2.83. The lowest BCUT2D eigenvalue weighted by Gasteiger charge is -2.06. The lowest BCUT2D eigenvalue weighted by atomic mass is 10.2. The van der Waals surface area contributed by atoms with Crippen LogP contribution in [0.25, 0.3) is 0 Å². The van der Waals surface area contributed by atoms with Gasteiger partial charge in [0.05, 0.1) is 6.20 Å². The number of nitrogens with zero attached hydrogens (tertiary/aromatic N) is 1. The zero-order chi connectivity index (χ0) is 10.5. The minimum atomic E-state index is 0.251. The second-order valence-electron chi connectivity index (χ2n) is 3.11. The normalized spacial score (nSPS) is 9.87. The Morgan fingerprint density at radius 2 is 2.00 bits per heavy atom. The molecule has 76 valence electrons. The molecule has 0 aliphatic heterocycles. The van der Waals surface area contributed by atoms with E-state index in [9.17, 15) is 5.11 Å². The van der Waals surface area contributed by atoms with Gasteiger partial charge in [0, 0.05) is 11.8 Å². The Morgan fingerprint density at radius 3 is 2.73 bits per heavy atom. The number of phenols is 1. The number of rotatable bonds is 3. The first kappa shape index (κ1) is 9.52. The third kappa shape index (κ3) is 2.47. The van der Waals surface area contributed by atoms with Crippen molar-refractivity contribution in [2.45, 2.75) is 6.61 Å². The molecule has 1 aromatic heterocycles. The van der Waals surface area contributed by atoms with Gasteiger partial charge < -0.3 is 9.84 Å². The van der Waals surface area contributed by atoms with Gasteiger partial charge in [-0.25, -0.2) is 0 Å². The van der Waals surface area contributed by atoms with Crippen molar-refractivity contribution >= 4 is 0 Å². The number of benzene rings is 1. The Morgan fingerprint density at radius 1 is 1.13 bits per heavy atom. The molecule has 3 nitrogen and oxygen atoms in total. The molecule has 1 aromatic carbocycles. The number of aromatic nitrogens is 1. The third-order valence-corrected chi connectivity index (χ3v) is 2.02. The number of pyridine rings is 1. The smallest absolute Gasteiger partial charge is 0.138 e. The van der Waals surface area contributed by atoms with Gasteiger partial charge in [-0.05, 0) is 18.2 Å². The first-order valence-corrected chi connectivity index (χ1v) is 4.66. The monoisotopic (exact) mass is 201 g/mol. The van der Waals surface area contributed by atoms with Crippen LogP contribution in [0, 0.1) is 0 Å². The van der Waals surface area contributed by atoms with E-state index < -0.39 is 0 Å². The molecule has 1 N–H and O–H groups in total. The molecule has 15 heavy (non-hydrogen) atoms. The van der Waals surface area contributed by atoms with Crippen molar-refractivity contribution in [1.29, 1.82) is 0 Å². The molecule has 1 heterocycles. The molecule has 0 fully saturated rings. The summed E-state index contributed by atoms with van der Waals surface area (Å²) in [5.41, 5.74) is 0.765. The minimum Gasteiger partial charge on any atom is -0.508 e. The molecule has 0 amide bonds. The van der Waals surface area contributed by atoms with Gasteiger partial charge >= 0.3 is 0 Å². The van der Waals surface area contributed by atoms with E-state index in [-0.39, 0.29) is 5.75 Å². The van der Waals surface area contributed by atoms with Crippen LogP contribution in [0.2, 0.25) is 0 Å². The predicted octanol–water partition coefficient (Wildman–Crippen LogP) is 2.37. The van der Waals surface area contributed by atoms with Gasteiger partial charge in [-0.15, -0.1) is 0 Å². The quantitative estimate of drug-likeness (QED) is 0.828. The van der Waals surface area contributed by atoms with E-state index in [1.807, 2.05) is 18.2 Å². The maximum Gasteiger partial charge on any atom is 0.138 e. The molecule has 0 spiro atoms. The first-order chi connectivity index (χ1) is 7.36. The van der Waals surface area contributed by atoms with Crippen molar-refractivity contribution in [1.82, 2.24) is 4.98 Å². The molecule has 0 aliphatic carbocycles.